The molecule has 1 aromatic heterocycles. The van der Waals surface area contributed by atoms with Crippen molar-refractivity contribution in [1.29, 1.82) is 0 Å². The second-order valence-corrected chi connectivity index (χ2v) is 6.77. The molecule has 0 bridgehead atoms. The third-order valence-corrected chi connectivity index (χ3v) is 5.41. The number of nitrogens with zero attached hydrogens (tertiary/aromatic N) is 1. The van der Waals surface area contributed by atoms with E-state index in [4.69, 9.17) is 0 Å². The highest BCUT2D eigenvalue weighted by molar-refractivity contribution is 5.80. The van der Waals surface area contributed by atoms with Gasteiger partial charge in [-0.15, -0.1) is 0 Å². The fourth-order valence-electron chi connectivity index (χ4n) is 3.21. The Morgan fingerprint density at radius 2 is 1.68 bits per heavy atom. The lowest BCUT2D eigenvalue weighted by molar-refractivity contribution is 0.457. The van der Waals surface area contributed by atoms with Gasteiger partial charge in [0.2, 0.25) is 0 Å². The van der Waals surface area contributed by atoms with Gasteiger partial charge in [0.1, 0.15) is 5.82 Å². The van der Waals surface area contributed by atoms with Gasteiger partial charge in [0.25, 0.3) is 0 Å². The van der Waals surface area contributed by atoms with E-state index in [1.54, 1.807) is 0 Å². The zero-order valence-corrected chi connectivity index (χ0v) is 12.2. The fraction of sp³-hybridized carbons (Fsp3) is 0.471. The van der Waals surface area contributed by atoms with Crippen LogP contribution in [0.1, 0.15) is 27.7 Å². The molecule has 1 aliphatic rings. The molecule has 1 saturated carbocycles. The molecule has 0 radical (unpaired) electrons. The van der Waals surface area contributed by atoms with Crippen LogP contribution < -0.4 is 5.32 Å². The van der Waals surface area contributed by atoms with Crippen molar-refractivity contribution in [3.63, 3.8) is 0 Å². The van der Waals surface area contributed by atoms with Crippen LogP contribution in [-0.2, 0) is 0 Å². The minimum absolute atomic E-state index is 0.427. The summed E-state index contributed by atoms with van der Waals surface area (Å²) in [6.45, 7) is 10.4. The minimum Gasteiger partial charge on any atom is -0.370 e. The van der Waals surface area contributed by atoms with Gasteiger partial charge in [0.15, 0.2) is 0 Å². The van der Waals surface area contributed by atoms with Crippen LogP contribution in [0.25, 0.3) is 10.9 Å². The standard InChI is InChI=1S/C17H22N2/c1-16(2)14(17(16,3)4)11-18-15-10-9-12-7-5-6-8-13(12)19-15/h5-10,14H,11H2,1-4H3,(H,18,19). The van der Waals surface area contributed by atoms with Crippen LogP contribution in [0.3, 0.4) is 0 Å². The first-order valence-corrected chi connectivity index (χ1v) is 7.02. The average Bonchev–Trinajstić information content (AvgIpc) is 2.77. The number of aromatic nitrogens is 1. The predicted octanol–water partition coefficient (Wildman–Crippen LogP) is 4.33. The molecule has 1 heterocycles. The van der Waals surface area contributed by atoms with Crippen LogP contribution in [0.15, 0.2) is 36.4 Å². The van der Waals surface area contributed by atoms with Gasteiger partial charge < -0.3 is 5.32 Å². The Balaban J connectivity index is 1.73. The Morgan fingerprint density at radius 1 is 1.00 bits per heavy atom. The minimum atomic E-state index is 0.427. The highest BCUT2D eigenvalue weighted by Gasteiger charge is 2.64. The van der Waals surface area contributed by atoms with Crippen LogP contribution in [0.2, 0.25) is 0 Å². The largest absolute Gasteiger partial charge is 0.370 e. The summed E-state index contributed by atoms with van der Waals surface area (Å²) < 4.78 is 0. The third kappa shape index (κ3) is 1.90. The molecule has 1 aromatic carbocycles. The second-order valence-electron chi connectivity index (χ2n) is 6.77. The van der Waals surface area contributed by atoms with Crippen molar-refractivity contribution in [3.8, 4) is 0 Å². The molecular formula is C17H22N2. The first kappa shape index (κ1) is 12.5. The predicted molar refractivity (Wildman–Crippen MR) is 81.3 cm³/mol. The fourth-order valence-corrected chi connectivity index (χ4v) is 3.21. The normalized spacial score (nSPS) is 20.4. The Labute approximate surface area is 115 Å². The third-order valence-electron chi connectivity index (χ3n) is 5.41. The van der Waals surface area contributed by atoms with Crippen LogP contribution >= 0.6 is 0 Å². The maximum absolute atomic E-state index is 4.66. The molecule has 19 heavy (non-hydrogen) atoms. The number of fused-ring (bicyclic) bond motifs is 1. The molecule has 1 fully saturated rings. The monoisotopic (exact) mass is 254 g/mol. The first-order chi connectivity index (χ1) is 8.93. The van der Waals surface area contributed by atoms with Crippen molar-refractivity contribution in [3.05, 3.63) is 36.4 Å². The van der Waals surface area contributed by atoms with Gasteiger partial charge in [-0.1, -0.05) is 45.9 Å². The van der Waals surface area contributed by atoms with Gasteiger partial charge >= 0.3 is 0 Å². The van der Waals surface area contributed by atoms with Crippen molar-refractivity contribution < 1.29 is 0 Å². The molecule has 0 saturated heterocycles. The molecule has 2 heteroatoms. The van der Waals surface area contributed by atoms with E-state index < -0.39 is 0 Å². The topological polar surface area (TPSA) is 24.9 Å². The highest BCUT2D eigenvalue weighted by atomic mass is 15.0. The van der Waals surface area contributed by atoms with Gasteiger partial charge in [-0.3, -0.25) is 0 Å². The summed E-state index contributed by atoms with van der Waals surface area (Å²) in [5.74, 6) is 1.70. The van der Waals surface area contributed by atoms with Crippen LogP contribution in [0.5, 0.6) is 0 Å². The first-order valence-electron chi connectivity index (χ1n) is 7.02. The lowest BCUT2D eigenvalue weighted by atomic mass is 10.0. The van der Waals surface area contributed by atoms with Crippen LogP contribution in [0.4, 0.5) is 5.82 Å². The van der Waals surface area contributed by atoms with Crippen molar-refractivity contribution in [1.82, 2.24) is 4.98 Å². The molecule has 3 rings (SSSR count). The molecule has 2 aromatic rings. The molecule has 1 N–H and O–H groups in total. The van der Waals surface area contributed by atoms with E-state index in [9.17, 15) is 0 Å². The maximum atomic E-state index is 4.66. The number of nitrogens with one attached hydrogen (secondary N) is 1. The zero-order valence-electron chi connectivity index (χ0n) is 12.2. The molecule has 0 atom stereocenters. The number of para-hydroxylation sites is 1. The summed E-state index contributed by atoms with van der Waals surface area (Å²) in [7, 11) is 0. The molecule has 100 valence electrons. The lowest BCUT2D eigenvalue weighted by Gasteiger charge is -2.07. The molecule has 0 spiro atoms. The van der Waals surface area contributed by atoms with Crippen molar-refractivity contribution in [2.75, 3.05) is 11.9 Å². The summed E-state index contributed by atoms with van der Waals surface area (Å²) in [5.41, 5.74) is 1.91. The molecule has 1 aliphatic carbocycles. The number of benzene rings is 1. The molecule has 2 nitrogen and oxygen atoms in total. The summed E-state index contributed by atoms with van der Waals surface area (Å²) in [5, 5.41) is 4.69. The summed E-state index contributed by atoms with van der Waals surface area (Å²) in [4.78, 5) is 4.66. The number of rotatable bonds is 3. The number of anilines is 1. The molecule has 0 amide bonds. The van der Waals surface area contributed by atoms with Gasteiger partial charge in [-0.2, -0.15) is 0 Å². The number of hydrogen-bond acceptors (Lipinski definition) is 2. The van der Waals surface area contributed by atoms with Gasteiger partial charge in [0.05, 0.1) is 5.52 Å². The van der Waals surface area contributed by atoms with E-state index in [0.717, 1.165) is 17.9 Å². The maximum Gasteiger partial charge on any atom is 0.126 e. The smallest absolute Gasteiger partial charge is 0.126 e. The van der Waals surface area contributed by atoms with E-state index in [1.165, 1.54) is 5.39 Å². The van der Waals surface area contributed by atoms with Gasteiger partial charge in [0, 0.05) is 11.9 Å². The Morgan fingerprint density at radius 3 is 2.37 bits per heavy atom. The van der Waals surface area contributed by atoms with E-state index in [1.807, 2.05) is 12.1 Å². The van der Waals surface area contributed by atoms with E-state index >= 15 is 0 Å². The number of hydrogen-bond donors (Lipinski definition) is 1. The van der Waals surface area contributed by atoms with Crippen LogP contribution in [-0.4, -0.2) is 11.5 Å². The Kier molecular flexibility index (Phi) is 2.60. The second kappa shape index (κ2) is 3.96. The van der Waals surface area contributed by atoms with Crippen molar-refractivity contribution in [2.24, 2.45) is 16.7 Å². The van der Waals surface area contributed by atoms with E-state index in [2.05, 4.69) is 62.3 Å². The summed E-state index contributed by atoms with van der Waals surface area (Å²) in [6.07, 6.45) is 0. The van der Waals surface area contributed by atoms with E-state index in [0.29, 0.717) is 16.7 Å². The average molecular weight is 254 g/mol. The number of pyridine rings is 1. The van der Waals surface area contributed by atoms with Gasteiger partial charge in [-0.25, -0.2) is 4.98 Å². The SMILES string of the molecule is CC1(C)C(CNc2ccc3ccccc3n2)C1(C)C. The van der Waals surface area contributed by atoms with Gasteiger partial charge in [-0.05, 0) is 34.9 Å². The van der Waals surface area contributed by atoms with Crippen LogP contribution in [0, 0.1) is 16.7 Å². The van der Waals surface area contributed by atoms with E-state index in [-0.39, 0.29) is 0 Å². The summed E-state index contributed by atoms with van der Waals surface area (Å²) in [6, 6.07) is 12.4. The quantitative estimate of drug-likeness (QED) is 0.882. The highest BCUT2D eigenvalue weighted by Crippen LogP contribution is 2.68. The van der Waals surface area contributed by atoms with Crippen molar-refractivity contribution in [2.45, 2.75) is 27.7 Å². The molecule has 0 aliphatic heterocycles. The lowest BCUT2D eigenvalue weighted by Crippen LogP contribution is -2.09. The molecular weight excluding hydrogens is 232 g/mol. The Hall–Kier alpha value is -1.57. The summed E-state index contributed by atoms with van der Waals surface area (Å²) >= 11 is 0. The molecule has 0 unspecified atom stereocenters. The van der Waals surface area contributed by atoms with Crippen molar-refractivity contribution >= 4 is 16.7 Å². The Bertz CT molecular complexity index is 599. The zero-order chi connectivity index (χ0) is 13.7.